The fourth-order valence-corrected chi connectivity index (χ4v) is 0.885. The summed E-state index contributed by atoms with van der Waals surface area (Å²) >= 11 is 0. The highest BCUT2D eigenvalue weighted by atomic mass is 16.5. The Kier molecular flexibility index (Phi) is 2.81. The Labute approximate surface area is 71.6 Å². The quantitative estimate of drug-likeness (QED) is 0.743. The number of aliphatic hydroxyl groups excluding tert-OH is 1. The molecule has 1 rings (SSSR count). The molecule has 12 heavy (non-hydrogen) atoms. The van der Waals surface area contributed by atoms with Crippen molar-refractivity contribution in [2.45, 2.75) is 33.3 Å². The van der Waals surface area contributed by atoms with Crippen LogP contribution in [-0.4, -0.2) is 15.2 Å². The molecule has 1 N–H and O–H groups in total. The maximum absolute atomic E-state index is 9.07. The van der Waals surface area contributed by atoms with Crippen molar-refractivity contribution in [3.8, 4) is 0 Å². The van der Waals surface area contributed by atoms with E-state index in [0.717, 1.165) is 6.42 Å². The number of hydrogen-bond acceptors (Lipinski definition) is 4. The van der Waals surface area contributed by atoms with E-state index in [-0.39, 0.29) is 0 Å². The van der Waals surface area contributed by atoms with Gasteiger partial charge in [-0.15, -0.1) is 0 Å². The second kappa shape index (κ2) is 3.67. The maximum atomic E-state index is 9.07. The van der Waals surface area contributed by atoms with E-state index >= 15 is 0 Å². The van der Waals surface area contributed by atoms with Gasteiger partial charge in [0.2, 0.25) is 0 Å². The molecule has 0 amide bonds. The van der Waals surface area contributed by atoms with Crippen molar-refractivity contribution in [1.29, 1.82) is 0 Å². The average molecular weight is 170 g/mol. The summed E-state index contributed by atoms with van der Waals surface area (Å²) in [6, 6.07) is 0. The van der Waals surface area contributed by atoms with Crippen LogP contribution in [0.4, 0.5) is 0 Å². The molecule has 0 aliphatic heterocycles. The topological polar surface area (TPSA) is 59.2 Å². The predicted octanol–water partition coefficient (Wildman–Crippen LogP) is 1.32. The third-order valence-corrected chi connectivity index (χ3v) is 1.43. The number of rotatable bonds is 3. The SMILES string of the molecule is CC(C)Cc1noc(C(C)O)n1. The Morgan fingerprint density at radius 1 is 1.42 bits per heavy atom. The molecular weight excluding hydrogens is 156 g/mol. The Bertz CT molecular complexity index is 243. The Morgan fingerprint density at radius 2 is 2.08 bits per heavy atom. The monoisotopic (exact) mass is 170 g/mol. The first kappa shape index (κ1) is 9.19. The molecule has 0 aliphatic carbocycles. The van der Waals surface area contributed by atoms with Crippen molar-refractivity contribution in [1.82, 2.24) is 10.1 Å². The standard InChI is InChI=1S/C8H14N2O2/c1-5(2)4-7-9-8(6(3)11)12-10-7/h5-6,11H,4H2,1-3H3. The van der Waals surface area contributed by atoms with Gasteiger partial charge in [0.05, 0.1) is 0 Å². The number of aliphatic hydroxyl groups is 1. The van der Waals surface area contributed by atoms with Gasteiger partial charge in [0.25, 0.3) is 5.89 Å². The molecule has 0 radical (unpaired) electrons. The van der Waals surface area contributed by atoms with Gasteiger partial charge < -0.3 is 9.63 Å². The summed E-state index contributed by atoms with van der Waals surface area (Å²) in [6.07, 6.45) is 0.120. The number of nitrogens with zero attached hydrogens (tertiary/aromatic N) is 2. The lowest BCUT2D eigenvalue weighted by molar-refractivity contribution is 0.151. The zero-order valence-electron chi connectivity index (χ0n) is 7.61. The number of hydrogen-bond donors (Lipinski definition) is 1. The Morgan fingerprint density at radius 3 is 2.50 bits per heavy atom. The molecule has 0 spiro atoms. The molecule has 4 heteroatoms. The predicted molar refractivity (Wildman–Crippen MR) is 43.5 cm³/mol. The molecule has 0 aliphatic rings. The van der Waals surface area contributed by atoms with Crippen LogP contribution in [0.3, 0.4) is 0 Å². The van der Waals surface area contributed by atoms with Gasteiger partial charge in [-0.05, 0) is 12.8 Å². The molecule has 0 aromatic carbocycles. The molecular formula is C8H14N2O2. The summed E-state index contributed by atoms with van der Waals surface area (Å²) in [5.41, 5.74) is 0. The van der Waals surface area contributed by atoms with Gasteiger partial charge in [0.1, 0.15) is 6.10 Å². The van der Waals surface area contributed by atoms with Gasteiger partial charge >= 0.3 is 0 Å². The molecule has 0 fully saturated rings. The van der Waals surface area contributed by atoms with Crippen LogP contribution in [0.15, 0.2) is 4.52 Å². The highest BCUT2D eigenvalue weighted by molar-refractivity contribution is 4.89. The van der Waals surface area contributed by atoms with Crippen LogP contribution in [0.1, 0.15) is 38.6 Å². The lowest BCUT2D eigenvalue weighted by Gasteiger charge is -1.96. The minimum Gasteiger partial charge on any atom is -0.384 e. The Hall–Kier alpha value is -0.900. The van der Waals surface area contributed by atoms with E-state index < -0.39 is 6.10 Å². The second-order valence-electron chi connectivity index (χ2n) is 3.32. The van der Waals surface area contributed by atoms with Crippen molar-refractivity contribution < 1.29 is 9.63 Å². The van der Waals surface area contributed by atoms with E-state index in [9.17, 15) is 0 Å². The zero-order chi connectivity index (χ0) is 9.14. The molecule has 68 valence electrons. The second-order valence-corrected chi connectivity index (χ2v) is 3.32. The van der Waals surface area contributed by atoms with Gasteiger partial charge in [-0.1, -0.05) is 19.0 Å². The molecule has 0 bridgehead atoms. The molecule has 1 heterocycles. The van der Waals surface area contributed by atoms with Crippen LogP contribution in [-0.2, 0) is 6.42 Å². The fourth-order valence-electron chi connectivity index (χ4n) is 0.885. The van der Waals surface area contributed by atoms with Crippen molar-refractivity contribution in [3.05, 3.63) is 11.7 Å². The van der Waals surface area contributed by atoms with Crippen LogP contribution >= 0.6 is 0 Å². The number of aromatic nitrogens is 2. The van der Waals surface area contributed by atoms with Gasteiger partial charge in [0.15, 0.2) is 5.82 Å². The van der Waals surface area contributed by atoms with E-state index in [4.69, 9.17) is 9.63 Å². The lowest BCUT2D eigenvalue weighted by Crippen LogP contribution is -1.97. The van der Waals surface area contributed by atoms with E-state index in [1.54, 1.807) is 6.92 Å². The summed E-state index contributed by atoms with van der Waals surface area (Å²) in [6.45, 7) is 5.77. The molecule has 4 nitrogen and oxygen atoms in total. The van der Waals surface area contributed by atoms with Crippen molar-refractivity contribution in [3.63, 3.8) is 0 Å². The minimum atomic E-state index is -0.668. The molecule has 0 saturated carbocycles. The summed E-state index contributed by atoms with van der Waals surface area (Å²) in [5.74, 6) is 1.47. The van der Waals surface area contributed by atoms with Gasteiger partial charge in [-0.3, -0.25) is 0 Å². The summed E-state index contributed by atoms with van der Waals surface area (Å²) in [7, 11) is 0. The Balaban J connectivity index is 2.64. The van der Waals surface area contributed by atoms with Gasteiger partial charge in [-0.2, -0.15) is 4.98 Å². The first-order valence-electron chi connectivity index (χ1n) is 4.10. The van der Waals surface area contributed by atoms with E-state index in [1.165, 1.54) is 0 Å². The first-order chi connectivity index (χ1) is 5.59. The van der Waals surface area contributed by atoms with E-state index in [0.29, 0.717) is 17.6 Å². The third-order valence-electron chi connectivity index (χ3n) is 1.43. The van der Waals surface area contributed by atoms with Gasteiger partial charge in [0, 0.05) is 6.42 Å². The highest BCUT2D eigenvalue weighted by Crippen LogP contribution is 2.10. The molecule has 1 aromatic heterocycles. The molecule has 0 saturated heterocycles. The van der Waals surface area contributed by atoms with Crippen LogP contribution in [0.2, 0.25) is 0 Å². The van der Waals surface area contributed by atoms with Crippen LogP contribution in [0, 0.1) is 5.92 Å². The lowest BCUT2D eigenvalue weighted by atomic mass is 10.1. The average Bonchev–Trinajstić information content (AvgIpc) is 2.34. The summed E-state index contributed by atoms with van der Waals surface area (Å²) < 4.78 is 4.82. The van der Waals surface area contributed by atoms with Crippen LogP contribution in [0.5, 0.6) is 0 Å². The molecule has 1 unspecified atom stereocenters. The minimum absolute atomic E-state index is 0.297. The van der Waals surface area contributed by atoms with Crippen molar-refractivity contribution >= 4 is 0 Å². The maximum Gasteiger partial charge on any atom is 0.255 e. The fraction of sp³-hybridized carbons (Fsp3) is 0.750. The summed E-state index contributed by atoms with van der Waals surface area (Å²) in [4.78, 5) is 4.02. The smallest absolute Gasteiger partial charge is 0.255 e. The highest BCUT2D eigenvalue weighted by Gasteiger charge is 2.11. The van der Waals surface area contributed by atoms with Crippen LogP contribution < -0.4 is 0 Å². The molecule has 1 aromatic rings. The van der Waals surface area contributed by atoms with E-state index in [2.05, 4.69) is 24.0 Å². The first-order valence-corrected chi connectivity index (χ1v) is 4.10. The normalized spacial score (nSPS) is 13.8. The van der Waals surface area contributed by atoms with E-state index in [1.807, 2.05) is 0 Å². The molecule has 1 atom stereocenters. The third kappa shape index (κ3) is 2.30. The van der Waals surface area contributed by atoms with Crippen molar-refractivity contribution in [2.24, 2.45) is 5.92 Å². The largest absolute Gasteiger partial charge is 0.384 e. The summed E-state index contributed by atoms with van der Waals surface area (Å²) in [5, 5.41) is 12.8. The van der Waals surface area contributed by atoms with Gasteiger partial charge in [-0.25, -0.2) is 0 Å². The van der Waals surface area contributed by atoms with Crippen molar-refractivity contribution in [2.75, 3.05) is 0 Å². The zero-order valence-corrected chi connectivity index (χ0v) is 7.61. The van der Waals surface area contributed by atoms with Crippen LogP contribution in [0.25, 0.3) is 0 Å².